The first-order chi connectivity index (χ1) is 13.6. The van der Waals surface area contributed by atoms with Crippen LogP contribution < -0.4 is 0 Å². The number of para-hydroxylation sites is 1. The minimum absolute atomic E-state index is 1.05. The fraction of sp³-hybridized carbons (Fsp3) is 0.115. The zero-order valence-corrected chi connectivity index (χ0v) is 16.2. The summed E-state index contributed by atoms with van der Waals surface area (Å²) in [5.74, 6) is 0. The fourth-order valence-electron chi connectivity index (χ4n) is 4.68. The van der Waals surface area contributed by atoms with Crippen molar-refractivity contribution < 1.29 is 0 Å². The first kappa shape index (κ1) is 15.6. The molecule has 0 atom stereocenters. The smallest absolute Gasteiger partial charge is 0.0726 e. The van der Waals surface area contributed by atoms with Gasteiger partial charge in [-0.3, -0.25) is 4.98 Å². The van der Waals surface area contributed by atoms with Gasteiger partial charge in [0.25, 0.3) is 0 Å². The lowest BCUT2D eigenvalue weighted by Crippen LogP contribution is -1.93. The van der Waals surface area contributed by atoms with Gasteiger partial charge in [0.15, 0.2) is 0 Å². The van der Waals surface area contributed by atoms with Crippen LogP contribution in [0.1, 0.15) is 16.8 Å². The van der Waals surface area contributed by atoms with E-state index in [0.29, 0.717) is 0 Å². The summed E-state index contributed by atoms with van der Waals surface area (Å²) in [7, 11) is 0. The predicted molar refractivity (Wildman–Crippen MR) is 119 cm³/mol. The molecule has 0 saturated heterocycles. The maximum atomic E-state index is 4.87. The lowest BCUT2D eigenvalue weighted by Gasteiger charge is -2.12. The third kappa shape index (κ3) is 1.95. The molecule has 134 valence electrons. The molecule has 28 heavy (non-hydrogen) atoms. The Labute approximate surface area is 163 Å². The molecule has 0 aliphatic carbocycles. The fourth-order valence-corrected chi connectivity index (χ4v) is 4.68. The van der Waals surface area contributed by atoms with Gasteiger partial charge in [-0.25, -0.2) is 0 Å². The third-order valence-electron chi connectivity index (χ3n) is 5.97. The quantitative estimate of drug-likeness (QED) is 0.270. The van der Waals surface area contributed by atoms with Crippen LogP contribution in [0.3, 0.4) is 0 Å². The average Bonchev–Trinajstić information content (AvgIpc) is 3.10. The second kappa shape index (κ2) is 5.32. The Morgan fingerprint density at radius 3 is 2.21 bits per heavy atom. The van der Waals surface area contributed by atoms with Crippen molar-refractivity contribution in [3.05, 3.63) is 83.6 Å². The number of hydrogen-bond donors (Lipinski definition) is 0. The number of fused-ring (bicyclic) bond motifs is 10. The first-order valence-electron chi connectivity index (χ1n) is 9.75. The molecule has 0 fully saturated rings. The molecule has 3 heterocycles. The van der Waals surface area contributed by atoms with Crippen molar-refractivity contribution in [2.45, 2.75) is 20.8 Å². The average molecular weight is 360 g/mol. The van der Waals surface area contributed by atoms with Crippen LogP contribution in [0.2, 0.25) is 0 Å². The van der Waals surface area contributed by atoms with E-state index in [1.807, 2.05) is 0 Å². The summed E-state index contributed by atoms with van der Waals surface area (Å²) < 4.78 is 2.44. The van der Waals surface area contributed by atoms with Crippen molar-refractivity contribution in [1.29, 1.82) is 0 Å². The van der Waals surface area contributed by atoms with Crippen molar-refractivity contribution in [2.75, 3.05) is 0 Å². The molecular formula is C26H20N2. The predicted octanol–water partition coefficient (Wildman–Crippen LogP) is 6.87. The van der Waals surface area contributed by atoms with E-state index < -0.39 is 0 Å². The van der Waals surface area contributed by atoms with Crippen LogP contribution in [0.5, 0.6) is 0 Å². The van der Waals surface area contributed by atoms with Crippen LogP contribution in [-0.2, 0) is 0 Å². The lowest BCUT2D eigenvalue weighted by molar-refractivity contribution is 1.28. The van der Waals surface area contributed by atoms with Crippen LogP contribution >= 0.6 is 0 Å². The third-order valence-corrected chi connectivity index (χ3v) is 5.97. The Balaban J connectivity index is 2.03. The van der Waals surface area contributed by atoms with Gasteiger partial charge in [-0.15, -0.1) is 0 Å². The zero-order valence-electron chi connectivity index (χ0n) is 16.2. The summed E-state index contributed by atoms with van der Waals surface area (Å²) >= 11 is 0. The Bertz CT molecular complexity index is 1590. The number of rotatable bonds is 0. The summed E-state index contributed by atoms with van der Waals surface area (Å²) in [4.78, 5) is 4.87. The van der Waals surface area contributed by atoms with Gasteiger partial charge in [0.2, 0.25) is 0 Å². The second-order valence-corrected chi connectivity index (χ2v) is 7.91. The van der Waals surface area contributed by atoms with Crippen LogP contribution in [0.25, 0.3) is 49.0 Å². The summed E-state index contributed by atoms with van der Waals surface area (Å²) in [6.07, 6.45) is 0. The van der Waals surface area contributed by atoms with E-state index in [0.717, 1.165) is 11.2 Å². The van der Waals surface area contributed by atoms with Gasteiger partial charge < -0.3 is 4.40 Å². The number of aryl methyl sites for hydroxylation is 3. The monoisotopic (exact) mass is 360 g/mol. The van der Waals surface area contributed by atoms with Crippen LogP contribution in [0.15, 0.2) is 66.7 Å². The standard InChI is InChI=1S/C26H20N2/c1-15-8-10-18-21(12-15)22-13-16(2)9-11-24(22)28-25(18)14-20-17(3)27-23-7-5-4-6-19(23)26(20)28/h4-14H,1-3H3. The number of hydrogen-bond acceptors (Lipinski definition) is 1. The number of benzene rings is 3. The molecule has 0 aliphatic rings. The molecule has 0 spiro atoms. The van der Waals surface area contributed by atoms with E-state index in [2.05, 4.69) is 91.9 Å². The Morgan fingerprint density at radius 2 is 1.36 bits per heavy atom. The van der Waals surface area contributed by atoms with Gasteiger partial charge in [-0.1, -0.05) is 53.6 Å². The van der Waals surface area contributed by atoms with E-state index >= 15 is 0 Å². The molecule has 2 heteroatoms. The summed E-state index contributed by atoms with van der Waals surface area (Å²) in [5.41, 5.74) is 8.48. The molecule has 0 amide bonds. The minimum Gasteiger partial charge on any atom is -0.308 e. The van der Waals surface area contributed by atoms with E-state index in [1.165, 1.54) is 54.6 Å². The summed E-state index contributed by atoms with van der Waals surface area (Å²) in [6, 6.07) is 24.4. The molecule has 0 unspecified atom stereocenters. The highest BCUT2D eigenvalue weighted by Crippen LogP contribution is 2.37. The van der Waals surface area contributed by atoms with E-state index in [1.54, 1.807) is 0 Å². The Morgan fingerprint density at radius 1 is 0.607 bits per heavy atom. The maximum Gasteiger partial charge on any atom is 0.0726 e. The molecular weight excluding hydrogens is 340 g/mol. The molecule has 2 nitrogen and oxygen atoms in total. The maximum absolute atomic E-state index is 4.87. The number of aromatic nitrogens is 2. The molecule has 0 radical (unpaired) electrons. The van der Waals surface area contributed by atoms with Crippen LogP contribution in [-0.4, -0.2) is 9.38 Å². The molecule has 6 rings (SSSR count). The highest BCUT2D eigenvalue weighted by molar-refractivity contribution is 6.19. The number of pyridine rings is 2. The highest BCUT2D eigenvalue weighted by Gasteiger charge is 2.16. The van der Waals surface area contributed by atoms with E-state index in [4.69, 9.17) is 4.98 Å². The lowest BCUT2D eigenvalue weighted by atomic mass is 10.0. The van der Waals surface area contributed by atoms with E-state index in [-0.39, 0.29) is 0 Å². The SMILES string of the molecule is Cc1ccc2c(c1)c1cc(C)ccc1n1c2cc2c(C)nc3ccccc3c21. The van der Waals surface area contributed by atoms with Crippen molar-refractivity contribution in [3.63, 3.8) is 0 Å². The molecule has 6 aromatic rings. The van der Waals surface area contributed by atoms with Gasteiger partial charge in [-0.2, -0.15) is 0 Å². The van der Waals surface area contributed by atoms with Gasteiger partial charge in [-0.05, 0) is 50.4 Å². The second-order valence-electron chi connectivity index (χ2n) is 7.91. The molecule has 0 aliphatic heterocycles. The Kier molecular flexibility index (Phi) is 2.98. The van der Waals surface area contributed by atoms with Gasteiger partial charge in [0.1, 0.15) is 0 Å². The van der Waals surface area contributed by atoms with E-state index in [9.17, 15) is 0 Å². The molecule has 0 bridgehead atoms. The summed E-state index contributed by atoms with van der Waals surface area (Å²) in [5, 5.41) is 6.36. The van der Waals surface area contributed by atoms with Gasteiger partial charge >= 0.3 is 0 Å². The van der Waals surface area contributed by atoms with Crippen LogP contribution in [0, 0.1) is 20.8 Å². The van der Waals surface area contributed by atoms with Crippen molar-refractivity contribution in [2.24, 2.45) is 0 Å². The summed E-state index contributed by atoms with van der Waals surface area (Å²) in [6.45, 7) is 6.46. The van der Waals surface area contributed by atoms with Crippen molar-refractivity contribution in [3.8, 4) is 0 Å². The van der Waals surface area contributed by atoms with Crippen molar-refractivity contribution in [1.82, 2.24) is 9.38 Å². The van der Waals surface area contributed by atoms with Gasteiger partial charge in [0, 0.05) is 27.2 Å². The zero-order chi connectivity index (χ0) is 19.0. The highest BCUT2D eigenvalue weighted by atomic mass is 14.9. The number of nitrogens with zero attached hydrogens (tertiary/aromatic N) is 2. The molecule has 3 aromatic carbocycles. The normalized spacial score (nSPS) is 12.1. The topological polar surface area (TPSA) is 17.3 Å². The van der Waals surface area contributed by atoms with Crippen LogP contribution in [0.4, 0.5) is 0 Å². The molecule has 0 N–H and O–H groups in total. The van der Waals surface area contributed by atoms with Gasteiger partial charge in [0.05, 0.1) is 22.1 Å². The molecule has 0 saturated carbocycles. The minimum atomic E-state index is 1.05. The first-order valence-corrected chi connectivity index (χ1v) is 9.75. The largest absolute Gasteiger partial charge is 0.308 e. The van der Waals surface area contributed by atoms with Crippen molar-refractivity contribution >= 4 is 49.0 Å². The molecule has 3 aromatic heterocycles. The Hall–Kier alpha value is -3.39.